The molecule has 0 amide bonds. The third kappa shape index (κ3) is 5.22. The van der Waals surface area contributed by atoms with Crippen LogP contribution in [-0.4, -0.2) is 116 Å². The van der Waals surface area contributed by atoms with Crippen molar-refractivity contribution in [2.24, 2.45) is 5.41 Å². The molecule has 0 aromatic rings. The van der Waals surface area contributed by atoms with Gasteiger partial charge in [-0.25, -0.2) is 0 Å². The Bertz CT molecular complexity index is 549. The van der Waals surface area contributed by atoms with Crippen LogP contribution in [-0.2, 0) is 23.7 Å². The van der Waals surface area contributed by atoms with Crippen LogP contribution in [0.3, 0.4) is 0 Å². The van der Waals surface area contributed by atoms with Crippen molar-refractivity contribution in [1.29, 1.82) is 0 Å². The van der Waals surface area contributed by atoms with E-state index in [1.54, 1.807) is 20.8 Å². The van der Waals surface area contributed by atoms with Crippen molar-refractivity contribution >= 4 is 5.97 Å². The zero-order valence-electron chi connectivity index (χ0n) is 16.4. The fourth-order valence-corrected chi connectivity index (χ4v) is 2.99. The van der Waals surface area contributed by atoms with E-state index in [-0.39, 0.29) is 0 Å². The summed E-state index contributed by atoms with van der Waals surface area (Å²) in [4.78, 5) is 12.1. The van der Waals surface area contributed by atoms with E-state index in [0.29, 0.717) is 0 Å². The van der Waals surface area contributed by atoms with Crippen molar-refractivity contribution in [1.82, 2.24) is 0 Å². The highest BCUT2D eigenvalue weighted by molar-refractivity contribution is 5.75. The highest BCUT2D eigenvalue weighted by Gasteiger charge is 2.52. The van der Waals surface area contributed by atoms with Crippen LogP contribution in [0.5, 0.6) is 0 Å². The van der Waals surface area contributed by atoms with Crippen molar-refractivity contribution < 1.29 is 59.5 Å². The number of esters is 1. The predicted octanol–water partition coefficient (Wildman–Crippen LogP) is -3.80. The lowest BCUT2D eigenvalue weighted by Crippen LogP contribution is -2.65. The van der Waals surface area contributed by atoms with Crippen LogP contribution in [0.1, 0.15) is 20.8 Å². The van der Waals surface area contributed by atoms with Crippen molar-refractivity contribution in [3.05, 3.63) is 0 Å². The molecule has 0 aromatic heterocycles. The molecule has 2 aliphatic rings. The summed E-state index contributed by atoms with van der Waals surface area (Å²) in [6, 6.07) is 0. The smallest absolute Gasteiger partial charge is 0.311 e. The van der Waals surface area contributed by atoms with Gasteiger partial charge in [0.25, 0.3) is 0 Å². The summed E-state index contributed by atoms with van der Waals surface area (Å²) in [5.41, 5.74) is -0.944. The molecular weight excluding hydrogens is 396 g/mol. The summed E-state index contributed by atoms with van der Waals surface area (Å²) in [5.74, 6) is -0.738. The summed E-state index contributed by atoms with van der Waals surface area (Å²) in [6.45, 7) is 3.29. The van der Waals surface area contributed by atoms with E-state index in [1.807, 2.05) is 0 Å². The molecule has 10 atom stereocenters. The molecule has 2 fully saturated rings. The Hall–Kier alpha value is -0.930. The first-order valence-electron chi connectivity index (χ1n) is 9.21. The predicted molar refractivity (Wildman–Crippen MR) is 91.9 cm³/mol. The Morgan fingerprint density at radius 3 is 1.93 bits per heavy atom. The minimum atomic E-state index is -1.76. The fraction of sp³-hybridized carbons (Fsp3) is 0.941. The summed E-state index contributed by atoms with van der Waals surface area (Å²) in [5, 5.41) is 69.3. The number of carbonyl (C=O) groups excluding carboxylic acids is 1. The van der Waals surface area contributed by atoms with Crippen LogP contribution in [0, 0.1) is 5.41 Å². The van der Waals surface area contributed by atoms with Gasteiger partial charge in [-0.2, -0.15) is 0 Å². The van der Waals surface area contributed by atoms with E-state index in [9.17, 15) is 40.5 Å². The maximum atomic E-state index is 12.1. The lowest BCUT2D eigenvalue weighted by molar-refractivity contribution is -0.356. The second-order valence-electron chi connectivity index (χ2n) is 8.16. The van der Waals surface area contributed by atoms with Crippen molar-refractivity contribution in [3.63, 3.8) is 0 Å². The van der Waals surface area contributed by atoms with Crippen LogP contribution >= 0.6 is 0 Å². The van der Waals surface area contributed by atoms with E-state index < -0.39 is 86.0 Å². The zero-order valence-corrected chi connectivity index (χ0v) is 16.4. The number of rotatable bonds is 5. The topological polar surface area (TPSA) is 196 Å². The molecule has 0 spiro atoms. The molecule has 2 saturated heterocycles. The second kappa shape index (κ2) is 9.47. The normalized spacial score (nSPS) is 43.8. The Balaban J connectivity index is 2.19. The molecule has 0 radical (unpaired) electrons. The summed E-state index contributed by atoms with van der Waals surface area (Å²) in [6.07, 6.45) is -15.8. The quantitative estimate of drug-likeness (QED) is 0.212. The van der Waals surface area contributed by atoms with Crippen LogP contribution in [0.25, 0.3) is 0 Å². The molecule has 12 nitrogen and oxygen atoms in total. The summed E-state index contributed by atoms with van der Waals surface area (Å²) < 4.78 is 21.0. The van der Waals surface area contributed by atoms with Gasteiger partial charge in [0, 0.05) is 0 Å². The Morgan fingerprint density at radius 1 is 0.828 bits per heavy atom. The van der Waals surface area contributed by atoms with E-state index in [0.717, 1.165) is 0 Å². The van der Waals surface area contributed by atoms with E-state index in [1.165, 1.54) is 0 Å². The maximum absolute atomic E-state index is 12.1. The van der Waals surface area contributed by atoms with Gasteiger partial charge in [-0.15, -0.1) is 0 Å². The zero-order chi connectivity index (χ0) is 22.1. The first-order valence-corrected chi connectivity index (χ1v) is 9.21. The molecule has 2 heterocycles. The molecule has 29 heavy (non-hydrogen) atoms. The van der Waals surface area contributed by atoms with Crippen LogP contribution < -0.4 is 0 Å². The number of hydrogen-bond donors (Lipinski definition) is 7. The van der Waals surface area contributed by atoms with Gasteiger partial charge in [0.2, 0.25) is 0 Å². The largest absolute Gasteiger partial charge is 0.454 e. The summed E-state index contributed by atoms with van der Waals surface area (Å²) in [7, 11) is 0. The fourth-order valence-electron chi connectivity index (χ4n) is 2.99. The molecule has 170 valence electrons. The third-order valence-corrected chi connectivity index (χ3v) is 4.81. The van der Waals surface area contributed by atoms with E-state index >= 15 is 0 Å². The molecule has 2 rings (SSSR count). The molecule has 0 saturated carbocycles. The van der Waals surface area contributed by atoms with Gasteiger partial charge < -0.3 is 54.7 Å². The lowest BCUT2D eigenvalue weighted by atomic mass is 9.95. The molecule has 0 unspecified atom stereocenters. The van der Waals surface area contributed by atoms with Crippen molar-refractivity contribution in [2.45, 2.75) is 82.2 Å². The van der Waals surface area contributed by atoms with Gasteiger partial charge >= 0.3 is 5.97 Å². The minimum Gasteiger partial charge on any atom is -0.454 e. The highest BCUT2D eigenvalue weighted by Crippen LogP contribution is 2.30. The number of aliphatic hydroxyl groups excluding tert-OH is 7. The molecular formula is C17H30O12. The number of carbonyl (C=O) groups is 1. The maximum Gasteiger partial charge on any atom is 0.311 e. The Morgan fingerprint density at radius 2 is 1.41 bits per heavy atom. The number of ether oxygens (including phenoxy) is 4. The van der Waals surface area contributed by atoms with Crippen LogP contribution in [0.15, 0.2) is 0 Å². The highest BCUT2D eigenvalue weighted by atomic mass is 16.7. The van der Waals surface area contributed by atoms with E-state index in [4.69, 9.17) is 18.9 Å². The monoisotopic (exact) mass is 426 g/mol. The van der Waals surface area contributed by atoms with Gasteiger partial charge in [0.1, 0.15) is 42.7 Å². The lowest BCUT2D eigenvalue weighted by Gasteiger charge is -2.46. The number of hydrogen-bond acceptors (Lipinski definition) is 12. The van der Waals surface area contributed by atoms with Crippen molar-refractivity contribution in [3.8, 4) is 0 Å². The Kier molecular flexibility index (Phi) is 7.95. The second-order valence-corrected chi connectivity index (χ2v) is 8.16. The standard InChI is InChI=1S/C17H30O12/c1-17(2,3)16(25)29-13-11(23)12(7(5-19)26-14(13)24)28-15-10(22)9(21)8(20)6(4-18)27-15/h6-15,18-24H,4-5H2,1-3H3/t6-,7-,8+,9+,10-,11+,12-,13-,14-,15+/m1/s1. The molecule has 2 aliphatic heterocycles. The molecule has 0 aromatic carbocycles. The average molecular weight is 426 g/mol. The molecule has 12 heteroatoms. The van der Waals surface area contributed by atoms with Crippen LogP contribution in [0.4, 0.5) is 0 Å². The Labute approximate surface area is 167 Å². The van der Waals surface area contributed by atoms with Gasteiger partial charge in [-0.1, -0.05) is 0 Å². The first-order chi connectivity index (χ1) is 13.4. The van der Waals surface area contributed by atoms with Crippen LogP contribution in [0.2, 0.25) is 0 Å². The molecule has 7 N–H and O–H groups in total. The minimum absolute atomic E-state index is 0.692. The molecule has 0 bridgehead atoms. The third-order valence-electron chi connectivity index (χ3n) is 4.81. The van der Waals surface area contributed by atoms with Gasteiger partial charge in [-0.3, -0.25) is 4.79 Å². The SMILES string of the molecule is CC(C)(C)C(=O)O[C@@H]1[C@@H](O)[C@H](O[C@@H]2O[C@H](CO)[C@H](O)[C@H](O)[C@H]2O)[C@@H](CO)O[C@H]1O. The molecule has 0 aliphatic carbocycles. The average Bonchev–Trinajstić information content (AvgIpc) is 2.65. The van der Waals surface area contributed by atoms with Gasteiger partial charge in [0.05, 0.1) is 18.6 Å². The number of aliphatic hydroxyl groups is 7. The first kappa shape index (κ1) is 24.3. The van der Waals surface area contributed by atoms with Gasteiger partial charge in [0.15, 0.2) is 18.7 Å². The van der Waals surface area contributed by atoms with Crippen molar-refractivity contribution in [2.75, 3.05) is 13.2 Å². The van der Waals surface area contributed by atoms with Gasteiger partial charge in [-0.05, 0) is 20.8 Å². The summed E-state index contributed by atoms with van der Waals surface area (Å²) >= 11 is 0. The van der Waals surface area contributed by atoms with E-state index in [2.05, 4.69) is 0 Å².